The SMILES string of the molecule is NC(=O)C1(Cc2ccccc2F)CN(c2nc3ccccc3s2)C1. The second-order valence-corrected chi connectivity index (χ2v) is 7.24. The number of carbonyl (C=O) groups excluding carboxylic acids is 1. The van der Waals surface area contributed by atoms with Crippen molar-refractivity contribution in [3.05, 3.63) is 59.9 Å². The molecule has 2 N–H and O–H groups in total. The van der Waals surface area contributed by atoms with Gasteiger partial charge in [-0.25, -0.2) is 9.37 Å². The van der Waals surface area contributed by atoms with Gasteiger partial charge < -0.3 is 10.6 Å². The summed E-state index contributed by atoms with van der Waals surface area (Å²) < 4.78 is 15.0. The zero-order valence-electron chi connectivity index (χ0n) is 12.9. The summed E-state index contributed by atoms with van der Waals surface area (Å²) in [6.45, 7) is 0.937. The molecule has 3 aromatic rings. The second-order valence-electron chi connectivity index (χ2n) is 6.23. The van der Waals surface area contributed by atoms with Crippen LogP contribution in [0.15, 0.2) is 48.5 Å². The van der Waals surface area contributed by atoms with Crippen LogP contribution in [0.1, 0.15) is 5.56 Å². The minimum absolute atomic E-state index is 0.295. The van der Waals surface area contributed by atoms with E-state index in [1.807, 2.05) is 29.2 Å². The fourth-order valence-electron chi connectivity index (χ4n) is 3.18. The maximum Gasteiger partial charge on any atom is 0.227 e. The highest BCUT2D eigenvalue weighted by Crippen LogP contribution is 2.40. The first-order valence-corrected chi connectivity index (χ1v) is 8.53. The molecule has 4 rings (SSSR count). The molecule has 0 unspecified atom stereocenters. The minimum atomic E-state index is -0.736. The first-order valence-electron chi connectivity index (χ1n) is 7.71. The summed E-state index contributed by atoms with van der Waals surface area (Å²) in [7, 11) is 0. The monoisotopic (exact) mass is 341 g/mol. The number of carbonyl (C=O) groups is 1. The number of fused-ring (bicyclic) bond motifs is 1. The van der Waals surface area contributed by atoms with Crippen LogP contribution in [-0.4, -0.2) is 24.0 Å². The fraction of sp³-hybridized carbons (Fsp3) is 0.222. The molecule has 0 aliphatic carbocycles. The molecule has 0 radical (unpaired) electrons. The average molecular weight is 341 g/mol. The highest BCUT2D eigenvalue weighted by Gasteiger charge is 2.49. The lowest BCUT2D eigenvalue weighted by molar-refractivity contribution is -0.129. The van der Waals surface area contributed by atoms with Gasteiger partial charge in [-0.15, -0.1) is 0 Å². The van der Waals surface area contributed by atoms with E-state index in [2.05, 4.69) is 4.98 Å². The van der Waals surface area contributed by atoms with E-state index in [4.69, 9.17) is 5.73 Å². The Balaban J connectivity index is 1.57. The predicted octanol–water partition coefficient (Wildman–Crippen LogP) is 2.97. The second kappa shape index (κ2) is 5.56. The molecular formula is C18H16FN3OS. The Hall–Kier alpha value is -2.47. The number of amides is 1. The van der Waals surface area contributed by atoms with Gasteiger partial charge in [0.25, 0.3) is 0 Å². The van der Waals surface area contributed by atoms with Gasteiger partial charge in [-0.05, 0) is 30.2 Å². The lowest BCUT2D eigenvalue weighted by Crippen LogP contribution is -2.63. The molecule has 1 aliphatic rings. The number of aromatic nitrogens is 1. The fourth-order valence-corrected chi connectivity index (χ4v) is 4.14. The van der Waals surface area contributed by atoms with Gasteiger partial charge in [-0.2, -0.15) is 0 Å². The highest BCUT2D eigenvalue weighted by molar-refractivity contribution is 7.22. The molecule has 0 spiro atoms. The molecule has 6 heteroatoms. The summed E-state index contributed by atoms with van der Waals surface area (Å²) in [6, 6.07) is 14.5. The van der Waals surface area contributed by atoms with Gasteiger partial charge in [0, 0.05) is 13.1 Å². The van der Waals surface area contributed by atoms with Gasteiger partial charge >= 0.3 is 0 Å². The third-order valence-electron chi connectivity index (χ3n) is 4.55. The van der Waals surface area contributed by atoms with E-state index in [1.165, 1.54) is 6.07 Å². The Kier molecular flexibility index (Phi) is 3.49. The summed E-state index contributed by atoms with van der Waals surface area (Å²) >= 11 is 1.59. The van der Waals surface area contributed by atoms with E-state index in [0.29, 0.717) is 25.1 Å². The van der Waals surface area contributed by atoms with Crippen molar-refractivity contribution < 1.29 is 9.18 Å². The first kappa shape index (κ1) is 15.1. The van der Waals surface area contributed by atoms with E-state index in [1.54, 1.807) is 29.5 Å². The van der Waals surface area contributed by atoms with E-state index < -0.39 is 5.41 Å². The minimum Gasteiger partial charge on any atom is -0.369 e. The van der Waals surface area contributed by atoms with Crippen LogP contribution in [0.4, 0.5) is 9.52 Å². The van der Waals surface area contributed by atoms with Crippen LogP contribution in [0, 0.1) is 11.2 Å². The van der Waals surface area contributed by atoms with Crippen LogP contribution in [0.5, 0.6) is 0 Å². The molecule has 1 aromatic heterocycles. The number of hydrogen-bond acceptors (Lipinski definition) is 4. The number of nitrogens with zero attached hydrogens (tertiary/aromatic N) is 2. The summed E-state index contributed by atoms with van der Waals surface area (Å²) in [4.78, 5) is 18.7. The molecule has 1 amide bonds. The highest BCUT2D eigenvalue weighted by atomic mass is 32.1. The summed E-state index contributed by atoms with van der Waals surface area (Å²) in [6.07, 6.45) is 0.316. The largest absolute Gasteiger partial charge is 0.369 e. The van der Waals surface area contributed by atoms with Gasteiger partial charge in [0.05, 0.1) is 15.6 Å². The molecule has 1 saturated heterocycles. The van der Waals surface area contributed by atoms with E-state index in [-0.39, 0.29) is 11.7 Å². The molecular weight excluding hydrogens is 325 g/mol. The number of rotatable bonds is 4. The third kappa shape index (κ3) is 2.43. The molecule has 0 bridgehead atoms. The lowest BCUT2D eigenvalue weighted by atomic mass is 9.74. The molecule has 4 nitrogen and oxygen atoms in total. The third-order valence-corrected chi connectivity index (χ3v) is 5.65. The zero-order chi connectivity index (χ0) is 16.7. The summed E-state index contributed by atoms with van der Waals surface area (Å²) in [5, 5.41) is 0.876. The summed E-state index contributed by atoms with van der Waals surface area (Å²) in [5.41, 5.74) is 6.38. The van der Waals surface area contributed by atoms with Crippen molar-refractivity contribution in [2.75, 3.05) is 18.0 Å². The number of anilines is 1. The van der Waals surface area contributed by atoms with Crippen LogP contribution in [-0.2, 0) is 11.2 Å². The molecule has 2 heterocycles. The molecule has 24 heavy (non-hydrogen) atoms. The van der Waals surface area contributed by atoms with Crippen molar-refractivity contribution >= 4 is 32.6 Å². The quantitative estimate of drug-likeness (QED) is 0.794. The van der Waals surface area contributed by atoms with Gasteiger partial charge in [0.1, 0.15) is 5.82 Å². The van der Waals surface area contributed by atoms with Gasteiger partial charge in [0.15, 0.2) is 5.13 Å². The molecule has 1 aliphatic heterocycles. The predicted molar refractivity (Wildman–Crippen MR) is 93.6 cm³/mol. The first-order chi connectivity index (χ1) is 11.6. The van der Waals surface area contributed by atoms with Crippen molar-refractivity contribution in [3.8, 4) is 0 Å². The van der Waals surface area contributed by atoms with Gasteiger partial charge in [0.2, 0.25) is 5.91 Å². The number of hydrogen-bond donors (Lipinski definition) is 1. The van der Waals surface area contributed by atoms with Crippen LogP contribution >= 0.6 is 11.3 Å². The van der Waals surface area contributed by atoms with E-state index >= 15 is 0 Å². The van der Waals surface area contributed by atoms with Crippen molar-refractivity contribution in [2.45, 2.75) is 6.42 Å². The lowest BCUT2D eigenvalue weighted by Gasteiger charge is -2.48. The number of nitrogens with two attached hydrogens (primary N) is 1. The smallest absolute Gasteiger partial charge is 0.227 e. The maximum absolute atomic E-state index is 13.9. The van der Waals surface area contributed by atoms with E-state index in [0.717, 1.165) is 15.3 Å². The number of halogens is 1. The van der Waals surface area contributed by atoms with Gasteiger partial charge in [-0.3, -0.25) is 4.79 Å². The Labute approximate surface area is 142 Å². The van der Waals surface area contributed by atoms with E-state index in [9.17, 15) is 9.18 Å². The maximum atomic E-state index is 13.9. The average Bonchev–Trinajstić information content (AvgIpc) is 2.95. The number of para-hydroxylation sites is 1. The van der Waals surface area contributed by atoms with Crippen LogP contribution in [0.2, 0.25) is 0 Å². The van der Waals surface area contributed by atoms with Gasteiger partial charge in [-0.1, -0.05) is 41.7 Å². The molecule has 122 valence electrons. The molecule has 0 saturated carbocycles. The van der Waals surface area contributed by atoms with Crippen molar-refractivity contribution in [2.24, 2.45) is 11.1 Å². The summed E-state index contributed by atoms with van der Waals surface area (Å²) in [5.74, 6) is -0.681. The Bertz CT molecular complexity index is 884. The molecule has 2 aromatic carbocycles. The standard InChI is InChI=1S/C18H16FN3OS/c19-13-6-2-1-5-12(13)9-18(16(20)23)10-22(11-18)17-21-14-7-3-4-8-15(14)24-17/h1-8H,9-11H2,(H2,20,23). The van der Waals surface area contributed by atoms with Crippen LogP contribution in [0.3, 0.4) is 0 Å². The Morgan fingerprint density at radius 2 is 1.92 bits per heavy atom. The topological polar surface area (TPSA) is 59.2 Å². The number of benzene rings is 2. The molecule has 0 atom stereocenters. The Morgan fingerprint density at radius 1 is 1.21 bits per heavy atom. The van der Waals surface area contributed by atoms with Crippen molar-refractivity contribution in [3.63, 3.8) is 0 Å². The van der Waals surface area contributed by atoms with Crippen LogP contribution in [0.25, 0.3) is 10.2 Å². The Morgan fingerprint density at radius 3 is 2.62 bits per heavy atom. The van der Waals surface area contributed by atoms with Crippen LogP contribution < -0.4 is 10.6 Å². The zero-order valence-corrected chi connectivity index (χ0v) is 13.7. The normalized spacial score (nSPS) is 16.1. The number of primary amides is 1. The van der Waals surface area contributed by atoms with Crippen molar-refractivity contribution in [1.82, 2.24) is 4.98 Å². The molecule has 1 fully saturated rings. The van der Waals surface area contributed by atoms with Crippen molar-refractivity contribution in [1.29, 1.82) is 0 Å². The number of thiazole rings is 1.